The van der Waals surface area contributed by atoms with Gasteiger partial charge in [0.05, 0.1) is 40.4 Å². The number of nitrogens with zero attached hydrogens (tertiary/aromatic N) is 6. The normalized spacial score (nSPS) is 18.0. The molecule has 0 radical (unpaired) electrons. The summed E-state index contributed by atoms with van der Waals surface area (Å²) >= 11 is 2.36. The monoisotopic (exact) mass is 707 g/mol. The van der Waals surface area contributed by atoms with E-state index in [1.54, 1.807) is 10.8 Å². The highest BCUT2D eigenvalue weighted by atomic mass is 32.2. The Hall–Kier alpha value is -5.56. The highest BCUT2D eigenvalue weighted by Gasteiger charge is 2.53. The van der Waals surface area contributed by atoms with E-state index >= 15 is 0 Å². The molecule has 1 fully saturated rings. The summed E-state index contributed by atoms with van der Waals surface area (Å²) in [6, 6.07) is 3.74. The molecule has 0 bridgehead atoms. The summed E-state index contributed by atoms with van der Waals surface area (Å²) in [6.07, 6.45) is 6.45. The van der Waals surface area contributed by atoms with Crippen molar-refractivity contribution in [3.8, 4) is 0 Å². The van der Waals surface area contributed by atoms with Crippen LogP contribution in [0.4, 0.5) is 5.13 Å². The fourth-order valence-electron chi connectivity index (χ4n) is 5.36. The number of rotatable bonds is 13. The average molecular weight is 708 g/mol. The van der Waals surface area contributed by atoms with Crippen LogP contribution in [0.3, 0.4) is 0 Å². The molecule has 17 nitrogen and oxygen atoms in total. The van der Waals surface area contributed by atoms with Crippen LogP contribution >= 0.6 is 23.1 Å². The van der Waals surface area contributed by atoms with Crippen LogP contribution in [0.2, 0.25) is 0 Å². The van der Waals surface area contributed by atoms with E-state index in [0.29, 0.717) is 18.0 Å². The zero-order valence-electron chi connectivity index (χ0n) is 26.0. The maximum absolute atomic E-state index is 13.4. The number of nitrogens with one attached hydrogen (secondary N) is 1. The van der Waals surface area contributed by atoms with E-state index in [0.717, 1.165) is 27.1 Å². The van der Waals surface area contributed by atoms with Gasteiger partial charge in [0.15, 0.2) is 35.6 Å². The molecular weight excluding hydrogens is 679 g/mol. The molecule has 0 unspecified atom stereocenters. The lowest BCUT2D eigenvalue weighted by Gasteiger charge is -2.50. The third-order valence-corrected chi connectivity index (χ3v) is 10.0. The molecule has 19 heteroatoms. The molecule has 0 spiro atoms. The van der Waals surface area contributed by atoms with Crippen molar-refractivity contribution in [2.45, 2.75) is 44.3 Å². The summed E-state index contributed by atoms with van der Waals surface area (Å²) in [4.78, 5) is 65.3. The second-order valence-corrected chi connectivity index (χ2v) is 13.7. The lowest BCUT2D eigenvalue weighted by atomic mass is 9.89. The number of amides is 1. The van der Waals surface area contributed by atoms with Crippen molar-refractivity contribution in [2.24, 2.45) is 16.8 Å². The van der Waals surface area contributed by atoms with Gasteiger partial charge >= 0.3 is 5.97 Å². The summed E-state index contributed by atoms with van der Waals surface area (Å²) in [5.74, 6) is -4.46. The van der Waals surface area contributed by atoms with E-state index in [9.17, 15) is 29.4 Å². The SMILES string of the molecule is CC(C)(O/N=C(\C(=O)C[C@@H]1C(=O)N2C(C(=O)[O-])=C(C[n+]3ccc4c(ccn4Cc4nc(C(=N)N)co4)c3)CS[C@H]12)c1csc(N)n1)C(=O)O. The highest BCUT2D eigenvalue weighted by Crippen LogP contribution is 2.45. The van der Waals surface area contributed by atoms with Crippen LogP contribution in [0.15, 0.2) is 63.2 Å². The number of β-lactam (4-membered cyclic amide) rings is 1. The third kappa shape index (κ3) is 6.49. The van der Waals surface area contributed by atoms with Gasteiger partial charge in [-0.25, -0.2) is 19.3 Å². The Morgan fingerprint density at radius 3 is 2.71 bits per heavy atom. The third-order valence-electron chi connectivity index (χ3n) is 7.94. The van der Waals surface area contributed by atoms with E-state index in [-0.39, 0.29) is 52.5 Å². The number of hydrogen-bond acceptors (Lipinski definition) is 14. The Bertz CT molecular complexity index is 2100. The lowest BCUT2D eigenvalue weighted by Crippen LogP contribution is -2.63. The Kier molecular flexibility index (Phi) is 8.71. The van der Waals surface area contributed by atoms with E-state index in [4.69, 9.17) is 26.1 Å². The molecule has 0 aromatic carbocycles. The zero-order valence-corrected chi connectivity index (χ0v) is 27.6. The smallest absolute Gasteiger partial charge is 0.350 e. The summed E-state index contributed by atoms with van der Waals surface area (Å²) in [6.45, 7) is 2.98. The van der Waals surface area contributed by atoms with Gasteiger partial charge < -0.3 is 40.3 Å². The number of aromatic nitrogens is 4. The number of aliphatic carboxylic acids is 2. The fraction of sp³-hybridized carbons (Fsp3) is 0.300. The number of Topliss-reactive ketones (excluding diaryl/α,β-unsaturated/α-hetero) is 1. The zero-order chi connectivity index (χ0) is 35.2. The van der Waals surface area contributed by atoms with Crippen molar-refractivity contribution in [1.82, 2.24) is 19.4 Å². The first-order valence-corrected chi connectivity index (χ1v) is 16.5. The molecule has 6 rings (SSSR count). The first-order valence-electron chi connectivity index (χ1n) is 14.6. The quantitative estimate of drug-likeness (QED) is 0.0472. The topological polar surface area (TPSA) is 260 Å². The number of hydrogen-bond donors (Lipinski definition) is 4. The van der Waals surface area contributed by atoms with E-state index in [2.05, 4.69) is 15.1 Å². The number of carboxylic acid groups (broad SMARTS) is 2. The van der Waals surface area contributed by atoms with Crippen LogP contribution in [0, 0.1) is 11.3 Å². The number of thiazole rings is 1. The maximum Gasteiger partial charge on any atom is 0.350 e. The number of nitrogens with two attached hydrogens (primary N) is 2. The number of amidine groups is 1. The molecule has 0 aliphatic carbocycles. The van der Waals surface area contributed by atoms with Gasteiger partial charge in [-0.15, -0.1) is 23.1 Å². The minimum absolute atomic E-state index is 0.0651. The second-order valence-electron chi connectivity index (χ2n) is 11.7. The molecule has 2 atom stereocenters. The molecule has 6 N–H and O–H groups in total. The molecule has 49 heavy (non-hydrogen) atoms. The summed E-state index contributed by atoms with van der Waals surface area (Å²) in [7, 11) is 0. The number of carboxylic acids is 2. The molecule has 0 saturated carbocycles. The molecule has 2 aliphatic heterocycles. The Morgan fingerprint density at radius 1 is 1.29 bits per heavy atom. The number of carbonyl (C=O) groups is 4. The number of nitrogen functional groups attached to an aromatic ring is 2. The number of thioether (sulfide) groups is 1. The number of pyridine rings is 1. The first-order chi connectivity index (χ1) is 23.2. The molecule has 6 heterocycles. The van der Waals surface area contributed by atoms with Crippen LogP contribution < -0.4 is 21.1 Å². The first kappa shape index (κ1) is 33.3. The molecule has 2 aliphatic rings. The molecule has 254 valence electrons. The highest BCUT2D eigenvalue weighted by molar-refractivity contribution is 8.00. The van der Waals surface area contributed by atoms with Crippen molar-refractivity contribution < 1.29 is 43.2 Å². The van der Waals surface area contributed by atoms with Gasteiger partial charge in [0.25, 0.3) is 0 Å². The Morgan fingerprint density at radius 2 is 2.06 bits per heavy atom. The summed E-state index contributed by atoms with van der Waals surface area (Å²) in [5.41, 5.74) is 10.5. The van der Waals surface area contributed by atoms with Crippen molar-refractivity contribution in [3.63, 3.8) is 0 Å². The van der Waals surface area contributed by atoms with Gasteiger partial charge in [0, 0.05) is 35.4 Å². The number of anilines is 1. The van der Waals surface area contributed by atoms with Crippen molar-refractivity contribution in [2.75, 3.05) is 11.5 Å². The fourth-order valence-corrected chi connectivity index (χ4v) is 7.31. The van der Waals surface area contributed by atoms with Gasteiger partial charge in [0.2, 0.25) is 17.4 Å². The van der Waals surface area contributed by atoms with Gasteiger partial charge in [-0.1, -0.05) is 5.16 Å². The average Bonchev–Trinajstić information content (AvgIpc) is 3.80. The maximum atomic E-state index is 13.4. The van der Waals surface area contributed by atoms with Crippen LogP contribution in [-0.2, 0) is 37.1 Å². The van der Waals surface area contributed by atoms with Crippen LogP contribution in [0.25, 0.3) is 10.9 Å². The predicted molar refractivity (Wildman–Crippen MR) is 173 cm³/mol. The second kappa shape index (κ2) is 12.8. The van der Waals surface area contributed by atoms with Crippen LogP contribution in [0.5, 0.6) is 0 Å². The van der Waals surface area contributed by atoms with Crippen molar-refractivity contribution in [1.29, 1.82) is 5.41 Å². The van der Waals surface area contributed by atoms with Crippen LogP contribution in [-0.4, -0.2) is 76.4 Å². The van der Waals surface area contributed by atoms with E-state index in [1.165, 1.54) is 37.3 Å². The molecule has 1 amide bonds. The predicted octanol–water partition coefficient (Wildman–Crippen LogP) is 0.0665. The standard InChI is InChI=1S/C30H29N9O8S2/c1-30(2,28(44)45)47-36-22(18-13-49-29(33)35-18)20(40)7-16-25(41)39-23(27(42)43)15(12-48-26(16)39)9-37-5-4-19-14(8-37)3-6-38(19)10-21-34-17(11-46-21)24(31)32/h3-6,8,11,13,16,26H,7,9-10,12H2,1-2H3,(H6-,31,32,33,35,42,43,44,45)/b36-22-/t16-,26-/m1/s1. The van der Waals surface area contributed by atoms with Gasteiger partial charge in [-0.2, -0.15) is 0 Å². The number of oxime groups is 1. The van der Waals surface area contributed by atoms with Crippen molar-refractivity contribution in [3.05, 3.63) is 70.9 Å². The minimum Gasteiger partial charge on any atom is -0.543 e. The summed E-state index contributed by atoms with van der Waals surface area (Å²) < 4.78 is 9.12. The largest absolute Gasteiger partial charge is 0.543 e. The lowest BCUT2D eigenvalue weighted by molar-refractivity contribution is -0.687. The molecule has 1 saturated heterocycles. The van der Waals surface area contributed by atoms with Crippen molar-refractivity contribution >= 4 is 74.3 Å². The number of carbonyl (C=O) groups excluding carboxylic acids is 3. The molecule has 4 aromatic heterocycles. The van der Waals surface area contributed by atoms with E-state index < -0.39 is 40.5 Å². The number of ketones is 1. The van der Waals surface area contributed by atoms with Gasteiger partial charge in [-0.05, 0) is 19.9 Å². The Balaban J connectivity index is 1.18. The number of oxazole rings is 1. The Labute approximate surface area is 285 Å². The van der Waals surface area contributed by atoms with Gasteiger partial charge in [0.1, 0.15) is 23.5 Å². The van der Waals surface area contributed by atoms with E-state index in [1.807, 2.05) is 29.1 Å². The molecular formula is C30H29N9O8S2. The summed E-state index contributed by atoms with van der Waals surface area (Å²) in [5, 5.41) is 34.9. The minimum atomic E-state index is -1.76. The number of fused-ring (bicyclic) bond motifs is 2. The van der Waals surface area contributed by atoms with Gasteiger partial charge in [-0.3, -0.25) is 19.9 Å². The van der Waals surface area contributed by atoms with Crippen LogP contribution in [0.1, 0.15) is 37.5 Å². The molecule has 4 aromatic rings.